The molecule has 1 saturated carbocycles. The second-order valence-corrected chi connectivity index (χ2v) is 8.68. The lowest BCUT2D eigenvalue weighted by Crippen LogP contribution is -2.43. The van der Waals surface area contributed by atoms with Gasteiger partial charge in [-0.05, 0) is 30.0 Å². The van der Waals surface area contributed by atoms with Crippen LogP contribution >= 0.6 is 11.6 Å². The molecule has 4 aromatic rings. The van der Waals surface area contributed by atoms with E-state index in [0.717, 1.165) is 12.8 Å². The monoisotopic (exact) mass is 494 g/mol. The predicted octanol–water partition coefficient (Wildman–Crippen LogP) is 1.89. The minimum Gasteiger partial charge on any atom is -0.460 e. The number of aromatic amines is 1. The molecule has 0 amide bonds. The molecule has 180 valence electrons. The van der Waals surface area contributed by atoms with Gasteiger partial charge in [-0.15, -0.1) is 0 Å². The van der Waals surface area contributed by atoms with Crippen LogP contribution in [0.3, 0.4) is 0 Å². The molecule has 1 fully saturated rings. The molecule has 2 atom stereocenters. The highest BCUT2D eigenvalue weighted by atomic mass is 35.5. The molecule has 0 bridgehead atoms. The number of imidazole rings is 2. The number of carbonyl (C=O) groups excluding carboxylic acids is 2. The van der Waals surface area contributed by atoms with E-state index in [0.29, 0.717) is 39.7 Å². The molecule has 35 heavy (non-hydrogen) atoms. The number of rotatable bonds is 9. The van der Waals surface area contributed by atoms with Gasteiger partial charge in [-0.1, -0.05) is 24.3 Å². The lowest BCUT2D eigenvalue weighted by Gasteiger charge is -2.20. The summed E-state index contributed by atoms with van der Waals surface area (Å²) in [6.45, 7) is -0.368. The maximum atomic E-state index is 12.8. The van der Waals surface area contributed by atoms with Crippen LogP contribution in [0.15, 0.2) is 43.1 Å². The van der Waals surface area contributed by atoms with Gasteiger partial charge in [-0.2, -0.15) is 4.98 Å². The Bertz CT molecular complexity index is 1380. The van der Waals surface area contributed by atoms with Crippen LogP contribution in [-0.4, -0.2) is 53.8 Å². The van der Waals surface area contributed by atoms with Gasteiger partial charge in [-0.3, -0.25) is 9.59 Å². The van der Waals surface area contributed by atoms with E-state index in [-0.39, 0.29) is 18.4 Å². The molecule has 5 rings (SSSR count). The highest BCUT2D eigenvalue weighted by molar-refractivity contribution is 6.28. The van der Waals surface area contributed by atoms with Gasteiger partial charge in [0.05, 0.1) is 25.1 Å². The van der Waals surface area contributed by atoms with E-state index in [4.69, 9.17) is 27.8 Å². The topological polar surface area (TPSA) is 168 Å². The first-order valence-corrected chi connectivity index (χ1v) is 11.5. The standard InChI is InChI=1S/C23H23ClN8O3/c24-23-30-19(20-21(31-23)32(11-29-20)13-5-6-13)14-4-2-1-3-12(14)9-35-22(34)18(26)17(16(33)7-25)15-8-27-10-28-15/h1-4,8,10-11,13,17-18H,5-7,9,25-26H2,(H,27,28). The summed E-state index contributed by atoms with van der Waals surface area (Å²) in [5.41, 5.74) is 15.3. The zero-order chi connectivity index (χ0) is 24.5. The summed E-state index contributed by atoms with van der Waals surface area (Å²) < 4.78 is 7.54. The van der Waals surface area contributed by atoms with E-state index in [1.807, 2.05) is 28.8 Å². The minimum atomic E-state index is -1.26. The van der Waals surface area contributed by atoms with Crippen LogP contribution in [0.1, 0.15) is 36.1 Å². The summed E-state index contributed by atoms with van der Waals surface area (Å²) in [4.78, 5) is 45.3. The Morgan fingerprint density at radius 1 is 1.26 bits per heavy atom. The number of hydrogen-bond acceptors (Lipinski definition) is 9. The van der Waals surface area contributed by atoms with Crippen LogP contribution in [0.4, 0.5) is 0 Å². The number of carbonyl (C=O) groups is 2. The molecule has 0 radical (unpaired) electrons. The first-order valence-electron chi connectivity index (χ1n) is 11.1. The number of fused-ring (bicyclic) bond motifs is 1. The van der Waals surface area contributed by atoms with Crippen LogP contribution in [0, 0.1) is 0 Å². The van der Waals surface area contributed by atoms with Crippen molar-refractivity contribution in [1.29, 1.82) is 0 Å². The van der Waals surface area contributed by atoms with Gasteiger partial charge in [0.1, 0.15) is 23.9 Å². The molecule has 1 aromatic carbocycles. The lowest BCUT2D eigenvalue weighted by atomic mass is 9.92. The van der Waals surface area contributed by atoms with Crippen molar-refractivity contribution in [2.24, 2.45) is 11.5 Å². The number of esters is 1. The molecule has 1 aliphatic carbocycles. The van der Waals surface area contributed by atoms with Gasteiger partial charge in [0.15, 0.2) is 11.4 Å². The van der Waals surface area contributed by atoms with Crippen molar-refractivity contribution in [1.82, 2.24) is 29.5 Å². The second-order valence-electron chi connectivity index (χ2n) is 8.34. The van der Waals surface area contributed by atoms with Gasteiger partial charge < -0.3 is 25.8 Å². The van der Waals surface area contributed by atoms with Crippen LogP contribution in [0.5, 0.6) is 0 Å². The van der Waals surface area contributed by atoms with Crippen molar-refractivity contribution >= 4 is 34.5 Å². The number of nitrogens with two attached hydrogens (primary N) is 2. The summed E-state index contributed by atoms with van der Waals surface area (Å²) in [6.07, 6.45) is 6.73. The second kappa shape index (κ2) is 9.53. The SMILES string of the molecule is NCC(=O)C(c1cnc[nH]1)C(N)C(=O)OCc1ccccc1-c1nc(Cl)nc2c1ncn2C1CC1. The molecule has 0 aliphatic heterocycles. The molecule has 0 spiro atoms. The molecule has 2 unspecified atom stereocenters. The third-order valence-electron chi connectivity index (χ3n) is 6.01. The molecule has 12 heteroatoms. The van der Waals surface area contributed by atoms with E-state index < -0.39 is 23.7 Å². The lowest BCUT2D eigenvalue weighted by molar-refractivity contribution is -0.148. The Morgan fingerprint density at radius 2 is 2.06 bits per heavy atom. The normalized spacial score (nSPS) is 15.2. The average molecular weight is 495 g/mol. The Morgan fingerprint density at radius 3 is 2.77 bits per heavy atom. The summed E-state index contributed by atoms with van der Waals surface area (Å²) >= 11 is 6.26. The number of halogens is 1. The predicted molar refractivity (Wildman–Crippen MR) is 127 cm³/mol. The van der Waals surface area contributed by atoms with Crippen molar-refractivity contribution in [2.45, 2.75) is 37.5 Å². The highest BCUT2D eigenvalue weighted by Crippen LogP contribution is 2.38. The molecule has 3 aromatic heterocycles. The van der Waals surface area contributed by atoms with Crippen LogP contribution in [0.25, 0.3) is 22.4 Å². The third kappa shape index (κ3) is 4.53. The number of nitrogens with one attached hydrogen (secondary N) is 1. The van der Waals surface area contributed by atoms with Crippen LogP contribution < -0.4 is 11.5 Å². The number of hydrogen-bond donors (Lipinski definition) is 3. The summed E-state index contributed by atoms with van der Waals surface area (Å²) in [7, 11) is 0. The first-order chi connectivity index (χ1) is 17.0. The van der Waals surface area contributed by atoms with Crippen molar-refractivity contribution in [3.8, 4) is 11.3 Å². The molecular weight excluding hydrogens is 472 g/mol. The smallest absolute Gasteiger partial charge is 0.324 e. The number of Topliss-reactive ketones (excluding diaryl/α,β-unsaturated/α-hetero) is 1. The fraction of sp³-hybridized carbons (Fsp3) is 0.304. The molecule has 3 heterocycles. The van der Waals surface area contributed by atoms with Crippen LogP contribution in [-0.2, 0) is 20.9 Å². The molecule has 0 saturated heterocycles. The zero-order valence-electron chi connectivity index (χ0n) is 18.6. The molecule has 5 N–H and O–H groups in total. The van der Waals surface area contributed by atoms with Crippen molar-refractivity contribution in [2.75, 3.05) is 6.54 Å². The average Bonchev–Trinajstić information content (AvgIpc) is 3.39. The largest absolute Gasteiger partial charge is 0.460 e. The number of aromatic nitrogens is 6. The highest BCUT2D eigenvalue weighted by Gasteiger charge is 2.34. The summed E-state index contributed by atoms with van der Waals surface area (Å²) in [5, 5.41) is 0.103. The van der Waals surface area contributed by atoms with Gasteiger partial charge in [0.2, 0.25) is 5.28 Å². The van der Waals surface area contributed by atoms with E-state index in [2.05, 4.69) is 24.9 Å². The Balaban J connectivity index is 1.41. The molecule has 1 aliphatic rings. The quantitative estimate of drug-likeness (QED) is 0.232. The summed E-state index contributed by atoms with van der Waals surface area (Å²) in [6, 6.07) is 6.44. The van der Waals surface area contributed by atoms with Crippen molar-refractivity contribution in [3.05, 3.63) is 59.7 Å². The maximum absolute atomic E-state index is 12.8. The minimum absolute atomic E-state index is 0.0956. The molecule has 11 nitrogen and oxygen atoms in total. The first kappa shape index (κ1) is 23.1. The summed E-state index contributed by atoms with van der Waals surface area (Å²) in [5.74, 6) is -2.13. The fourth-order valence-corrected chi connectivity index (χ4v) is 4.25. The number of H-pyrrole nitrogens is 1. The zero-order valence-corrected chi connectivity index (χ0v) is 19.4. The Hall–Kier alpha value is -3.67. The third-order valence-corrected chi connectivity index (χ3v) is 6.18. The van der Waals surface area contributed by atoms with Crippen molar-refractivity contribution in [3.63, 3.8) is 0 Å². The van der Waals surface area contributed by atoms with Gasteiger partial charge in [0, 0.05) is 23.5 Å². The molecular formula is C23H23ClN8O3. The van der Waals surface area contributed by atoms with Gasteiger partial charge in [0.25, 0.3) is 0 Å². The Labute approximate surface area is 204 Å². The Kier molecular flexibility index (Phi) is 6.29. The van der Waals surface area contributed by atoms with Crippen molar-refractivity contribution < 1.29 is 14.3 Å². The fourth-order valence-electron chi connectivity index (χ4n) is 4.09. The maximum Gasteiger partial charge on any atom is 0.324 e. The number of ether oxygens (including phenoxy) is 1. The van der Waals surface area contributed by atoms with E-state index in [9.17, 15) is 9.59 Å². The van der Waals surface area contributed by atoms with E-state index in [1.54, 1.807) is 6.33 Å². The number of benzene rings is 1. The van der Waals surface area contributed by atoms with Crippen LogP contribution in [0.2, 0.25) is 5.28 Å². The number of nitrogens with zero attached hydrogens (tertiary/aromatic N) is 5. The number of ketones is 1. The van der Waals surface area contributed by atoms with E-state index in [1.165, 1.54) is 12.5 Å². The van der Waals surface area contributed by atoms with Gasteiger partial charge in [-0.25, -0.2) is 15.0 Å². The van der Waals surface area contributed by atoms with Gasteiger partial charge >= 0.3 is 5.97 Å². The van der Waals surface area contributed by atoms with E-state index >= 15 is 0 Å².